The van der Waals surface area contributed by atoms with Crippen molar-refractivity contribution in [2.24, 2.45) is 0 Å². The topological polar surface area (TPSA) is 53.1 Å². The fraction of sp³-hybridized carbons (Fsp3) is 0.524. The number of anilines is 4. The maximum absolute atomic E-state index is 4.68. The molecule has 3 rings (SSSR count). The van der Waals surface area contributed by atoms with Crippen LogP contribution in [0.2, 0.25) is 0 Å². The minimum Gasteiger partial charge on any atom is -0.372 e. The van der Waals surface area contributed by atoms with Crippen molar-refractivity contribution in [3.63, 3.8) is 0 Å². The third kappa shape index (κ3) is 4.45. The van der Waals surface area contributed by atoms with Crippen LogP contribution in [0.25, 0.3) is 0 Å². The van der Waals surface area contributed by atoms with Crippen LogP contribution in [0.3, 0.4) is 0 Å². The Bertz CT molecular complexity index is 733. The van der Waals surface area contributed by atoms with Crippen molar-refractivity contribution in [3.05, 3.63) is 35.5 Å². The first kappa shape index (κ1) is 18.5. The van der Waals surface area contributed by atoms with E-state index in [0.29, 0.717) is 12.0 Å². The molecule has 0 amide bonds. The zero-order chi connectivity index (χ0) is 18.5. The Morgan fingerprint density at radius 2 is 1.77 bits per heavy atom. The zero-order valence-corrected chi connectivity index (χ0v) is 16.5. The second-order valence-corrected chi connectivity index (χ2v) is 7.14. The first-order valence-corrected chi connectivity index (χ1v) is 9.84. The molecule has 1 saturated carbocycles. The van der Waals surface area contributed by atoms with Gasteiger partial charge in [-0.1, -0.05) is 12.8 Å². The van der Waals surface area contributed by atoms with Gasteiger partial charge >= 0.3 is 0 Å². The number of benzene rings is 1. The van der Waals surface area contributed by atoms with Gasteiger partial charge in [0.25, 0.3) is 0 Å². The normalized spacial score (nSPS) is 14.5. The number of aromatic nitrogens is 2. The second kappa shape index (κ2) is 8.39. The summed E-state index contributed by atoms with van der Waals surface area (Å²) in [6.07, 6.45) is 5.09. The molecular formula is C21H31N5. The summed E-state index contributed by atoms with van der Waals surface area (Å²) in [7, 11) is 0. The summed E-state index contributed by atoms with van der Waals surface area (Å²) in [6, 6.07) is 9.09. The number of nitrogens with one attached hydrogen (secondary N) is 2. The standard InChI is InChI=1S/C21H31N5/c1-5-26(6-2)18-11-12-19(15(3)13-18)24-21-22-16(4)14-20(25-21)23-17-9-7-8-10-17/h11-14,17H,5-10H2,1-4H3,(H2,22,23,24,25). The lowest BCUT2D eigenvalue weighted by Gasteiger charge is -2.22. The lowest BCUT2D eigenvalue weighted by Crippen LogP contribution is -2.21. The van der Waals surface area contributed by atoms with Gasteiger partial charge in [-0.3, -0.25) is 0 Å². The predicted molar refractivity (Wildman–Crippen MR) is 111 cm³/mol. The van der Waals surface area contributed by atoms with E-state index in [-0.39, 0.29) is 0 Å². The molecule has 1 aromatic heterocycles. The molecule has 0 spiro atoms. The van der Waals surface area contributed by atoms with Crippen molar-refractivity contribution >= 4 is 23.1 Å². The van der Waals surface area contributed by atoms with Gasteiger partial charge in [-0.15, -0.1) is 0 Å². The molecule has 26 heavy (non-hydrogen) atoms. The first-order chi connectivity index (χ1) is 12.6. The van der Waals surface area contributed by atoms with Crippen molar-refractivity contribution < 1.29 is 0 Å². The average molecular weight is 354 g/mol. The molecular weight excluding hydrogens is 322 g/mol. The average Bonchev–Trinajstić information content (AvgIpc) is 3.11. The van der Waals surface area contributed by atoms with Gasteiger partial charge in [-0.2, -0.15) is 4.98 Å². The fourth-order valence-corrected chi connectivity index (χ4v) is 3.67. The highest BCUT2D eigenvalue weighted by Gasteiger charge is 2.16. The molecule has 1 heterocycles. The summed E-state index contributed by atoms with van der Waals surface area (Å²) >= 11 is 0. The number of hydrogen-bond donors (Lipinski definition) is 2. The summed E-state index contributed by atoms with van der Waals surface area (Å²) in [5.41, 5.74) is 4.48. The van der Waals surface area contributed by atoms with E-state index >= 15 is 0 Å². The quantitative estimate of drug-likeness (QED) is 0.730. The molecule has 1 aliphatic carbocycles. The Hall–Kier alpha value is -2.30. The highest BCUT2D eigenvalue weighted by atomic mass is 15.2. The smallest absolute Gasteiger partial charge is 0.229 e. The zero-order valence-electron chi connectivity index (χ0n) is 16.5. The third-order valence-corrected chi connectivity index (χ3v) is 5.15. The highest BCUT2D eigenvalue weighted by Crippen LogP contribution is 2.26. The van der Waals surface area contributed by atoms with Crippen LogP contribution in [0.4, 0.5) is 23.1 Å². The van der Waals surface area contributed by atoms with Crippen LogP contribution in [-0.2, 0) is 0 Å². The maximum atomic E-state index is 4.68. The van der Waals surface area contributed by atoms with E-state index in [9.17, 15) is 0 Å². The van der Waals surface area contributed by atoms with Crippen molar-refractivity contribution in [3.8, 4) is 0 Å². The first-order valence-electron chi connectivity index (χ1n) is 9.84. The molecule has 0 radical (unpaired) electrons. The molecule has 140 valence electrons. The molecule has 2 N–H and O–H groups in total. The summed E-state index contributed by atoms with van der Waals surface area (Å²) in [6.45, 7) is 10.5. The van der Waals surface area contributed by atoms with Crippen LogP contribution in [0.15, 0.2) is 24.3 Å². The lowest BCUT2D eigenvalue weighted by atomic mass is 10.1. The van der Waals surface area contributed by atoms with E-state index in [1.54, 1.807) is 0 Å². The maximum Gasteiger partial charge on any atom is 0.229 e. The number of aryl methyl sites for hydroxylation is 2. The van der Waals surface area contributed by atoms with Gasteiger partial charge in [0.2, 0.25) is 5.95 Å². The number of hydrogen-bond acceptors (Lipinski definition) is 5. The third-order valence-electron chi connectivity index (χ3n) is 5.15. The minimum atomic E-state index is 0.548. The van der Waals surface area contributed by atoms with Gasteiger partial charge < -0.3 is 15.5 Å². The molecule has 0 bridgehead atoms. The number of nitrogens with zero attached hydrogens (tertiary/aromatic N) is 3. The molecule has 5 heteroatoms. The molecule has 1 aromatic carbocycles. The van der Waals surface area contributed by atoms with E-state index in [0.717, 1.165) is 30.3 Å². The SMILES string of the molecule is CCN(CC)c1ccc(Nc2nc(C)cc(NC3CCCC3)n2)c(C)c1. The largest absolute Gasteiger partial charge is 0.372 e. The molecule has 1 aliphatic rings. The molecule has 0 saturated heterocycles. The van der Waals surface area contributed by atoms with Crippen LogP contribution in [0.1, 0.15) is 50.8 Å². The van der Waals surface area contributed by atoms with Gasteiger partial charge in [0.15, 0.2) is 0 Å². The van der Waals surface area contributed by atoms with E-state index < -0.39 is 0 Å². The van der Waals surface area contributed by atoms with Crippen LogP contribution in [0, 0.1) is 13.8 Å². The van der Waals surface area contributed by atoms with Gasteiger partial charge in [0.05, 0.1) is 0 Å². The minimum absolute atomic E-state index is 0.548. The van der Waals surface area contributed by atoms with E-state index in [4.69, 9.17) is 0 Å². The van der Waals surface area contributed by atoms with Gasteiger partial charge in [-0.25, -0.2) is 4.98 Å². The molecule has 5 nitrogen and oxygen atoms in total. The van der Waals surface area contributed by atoms with E-state index in [1.807, 2.05) is 13.0 Å². The molecule has 0 atom stereocenters. The van der Waals surface area contributed by atoms with Crippen molar-refractivity contribution in [2.45, 2.75) is 59.4 Å². The Kier molecular flexibility index (Phi) is 5.96. The predicted octanol–water partition coefficient (Wildman–Crippen LogP) is 5.04. The summed E-state index contributed by atoms with van der Waals surface area (Å²) < 4.78 is 0. The molecule has 1 fully saturated rings. The van der Waals surface area contributed by atoms with Crippen LogP contribution in [0.5, 0.6) is 0 Å². The lowest BCUT2D eigenvalue weighted by molar-refractivity contribution is 0.749. The van der Waals surface area contributed by atoms with Crippen LogP contribution >= 0.6 is 0 Å². The van der Waals surface area contributed by atoms with E-state index in [1.165, 1.54) is 36.9 Å². The van der Waals surface area contributed by atoms with Crippen molar-refractivity contribution in [2.75, 3.05) is 28.6 Å². The molecule has 2 aromatic rings. The molecule has 0 unspecified atom stereocenters. The van der Waals surface area contributed by atoms with Gasteiger partial charge in [0, 0.05) is 42.3 Å². The summed E-state index contributed by atoms with van der Waals surface area (Å²) in [5, 5.41) is 6.96. The Balaban J connectivity index is 1.76. The fourth-order valence-electron chi connectivity index (χ4n) is 3.67. The van der Waals surface area contributed by atoms with Crippen LogP contribution < -0.4 is 15.5 Å². The van der Waals surface area contributed by atoms with Crippen molar-refractivity contribution in [1.29, 1.82) is 0 Å². The second-order valence-electron chi connectivity index (χ2n) is 7.14. The van der Waals surface area contributed by atoms with E-state index in [2.05, 4.69) is 64.5 Å². The van der Waals surface area contributed by atoms with Gasteiger partial charge in [0.1, 0.15) is 5.82 Å². The Morgan fingerprint density at radius 3 is 2.42 bits per heavy atom. The Morgan fingerprint density at radius 1 is 1.04 bits per heavy atom. The molecule has 0 aliphatic heterocycles. The Labute approximate surface area is 157 Å². The van der Waals surface area contributed by atoms with Crippen LogP contribution in [-0.4, -0.2) is 29.1 Å². The highest BCUT2D eigenvalue weighted by molar-refractivity contribution is 5.64. The van der Waals surface area contributed by atoms with Crippen molar-refractivity contribution in [1.82, 2.24) is 9.97 Å². The summed E-state index contributed by atoms with van der Waals surface area (Å²) in [4.78, 5) is 11.6. The van der Waals surface area contributed by atoms with Gasteiger partial charge in [-0.05, 0) is 64.3 Å². The summed E-state index contributed by atoms with van der Waals surface area (Å²) in [5.74, 6) is 1.58. The monoisotopic (exact) mass is 353 g/mol. The number of rotatable bonds is 7.